The van der Waals surface area contributed by atoms with Gasteiger partial charge in [-0.15, -0.1) is 0 Å². The monoisotopic (exact) mass is 290 g/mol. The molecule has 1 aromatic carbocycles. The van der Waals surface area contributed by atoms with Crippen molar-refractivity contribution in [3.05, 3.63) is 29.3 Å². The van der Waals surface area contributed by atoms with Crippen molar-refractivity contribution >= 4 is 0 Å². The van der Waals surface area contributed by atoms with Gasteiger partial charge < -0.3 is 19.7 Å². The fourth-order valence-corrected chi connectivity index (χ4v) is 3.33. The molecule has 1 fully saturated rings. The molecule has 2 atom stereocenters. The van der Waals surface area contributed by atoms with Crippen molar-refractivity contribution in [2.75, 3.05) is 39.9 Å². The molecule has 2 aliphatic heterocycles. The predicted octanol–water partition coefficient (Wildman–Crippen LogP) is 1.99. The Morgan fingerprint density at radius 2 is 2.29 bits per heavy atom. The number of likely N-dealkylation sites (N-methyl/N-ethyl adjacent to an activating group) is 2. The largest absolute Gasteiger partial charge is 0.493 e. The second-order valence-electron chi connectivity index (χ2n) is 5.99. The Labute approximate surface area is 127 Å². The van der Waals surface area contributed by atoms with E-state index >= 15 is 0 Å². The first-order valence-corrected chi connectivity index (χ1v) is 8.07. The molecular formula is C17H26N2O2. The molecule has 0 aromatic heterocycles. The smallest absolute Gasteiger partial charge is 0.127 e. The minimum Gasteiger partial charge on any atom is -0.493 e. The first-order chi connectivity index (χ1) is 10.3. The number of benzene rings is 1. The summed E-state index contributed by atoms with van der Waals surface area (Å²) in [4.78, 5) is 2.34. The average Bonchev–Trinajstić information content (AvgIpc) is 2.52. The van der Waals surface area contributed by atoms with Gasteiger partial charge in [-0.1, -0.05) is 25.1 Å². The quantitative estimate of drug-likeness (QED) is 0.919. The van der Waals surface area contributed by atoms with Gasteiger partial charge in [-0.2, -0.15) is 0 Å². The number of para-hydroxylation sites is 1. The van der Waals surface area contributed by atoms with Gasteiger partial charge in [0.1, 0.15) is 5.75 Å². The third kappa shape index (κ3) is 3.23. The van der Waals surface area contributed by atoms with E-state index in [0.717, 1.165) is 51.4 Å². The normalized spacial score (nSPS) is 24.2. The third-order valence-corrected chi connectivity index (χ3v) is 4.39. The van der Waals surface area contributed by atoms with Gasteiger partial charge in [0.15, 0.2) is 0 Å². The van der Waals surface area contributed by atoms with Crippen LogP contribution in [0.2, 0.25) is 0 Å². The number of hydrogen-bond acceptors (Lipinski definition) is 4. The number of nitrogens with zero attached hydrogens (tertiary/aromatic N) is 1. The van der Waals surface area contributed by atoms with Gasteiger partial charge in [0.25, 0.3) is 0 Å². The van der Waals surface area contributed by atoms with Crippen LogP contribution in [0.4, 0.5) is 0 Å². The van der Waals surface area contributed by atoms with Gasteiger partial charge >= 0.3 is 0 Å². The van der Waals surface area contributed by atoms with Gasteiger partial charge in [-0.05, 0) is 32.0 Å². The average molecular weight is 290 g/mol. The minimum atomic E-state index is 0.181. The van der Waals surface area contributed by atoms with Gasteiger partial charge in [0.2, 0.25) is 0 Å². The zero-order valence-corrected chi connectivity index (χ0v) is 13.1. The zero-order chi connectivity index (χ0) is 14.7. The van der Waals surface area contributed by atoms with E-state index in [9.17, 15) is 0 Å². The van der Waals surface area contributed by atoms with Crippen molar-refractivity contribution < 1.29 is 9.47 Å². The highest BCUT2D eigenvalue weighted by atomic mass is 16.5. The lowest BCUT2D eigenvalue weighted by Gasteiger charge is -2.37. The van der Waals surface area contributed by atoms with E-state index < -0.39 is 0 Å². The van der Waals surface area contributed by atoms with E-state index in [1.54, 1.807) is 0 Å². The lowest BCUT2D eigenvalue weighted by Crippen LogP contribution is -2.46. The molecule has 2 heterocycles. The molecule has 21 heavy (non-hydrogen) atoms. The summed E-state index contributed by atoms with van der Waals surface area (Å²) in [6.45, 7) is 6.68. The van der Waals surface area contributed by atoms with Crippen molar-refractivity contribution in [1.29, 1.82) is 0 Å². The molecule has 1 saturated heterocycles. The molecular weight excluding hydrogens is 264 g/mol. The van der Waals surface area contributed by atoms with Crippen LogP contribution in [0.3, 0.4) is 0 Å². The summed E-state index contributed by atoms with van der Waals surface area (Å²) in [6.07, 6.45) is 2.42. The van der Waals surface area contributed by atoms with Crippen LogP contribution in [0, 0.1) is 0 Å². The Hall–Kier alpha value is -1.10. The lowest BCUT2D eigenvalue weighted by atomic mass is 9.94. The number of nitrogens with one attached hydrogen (secondary N) is 1. The summed E-state index contributed by atoms with van der Waals surface area (Å²) < 4.78 is 12.0. The van der Waals surface area contributed by atoms with Crippen LogP contribution in [-0.2, 0) is 11.2 Å². The maximum Gasteiger partial charge on any atom is 0.127 e. The second kappa shape index (κ2) is 6.77. The SMILES string of the molecule is CCNC(c1cccc2c1OCCC2)C1CN(C)CCO1. The summed E-state index contributed by atoms with van der Waals surface area (Å²) in [5.41, 5.74) is 2.60. The molecule has 4 nitrogen and oxygen atoms in total. The molecule has 1 N–H and O–H groups in total. The molecule has 2 aliphatic rings. The Bertz CT molecular complexity index is 478. The van der Waals surface area contributed by atoms with Crippen LogP contribution in [-0.4, -0.2) is 50.9 Å². The van der Waals surface area contributed by atoms with Crippen molar-refractivity contribution in [2.24, 2.45) is 0 Å². The number of morpholine rings is 1. The van der Waals surface area contributed by atoms with Crippen LogP contribution in [0.15, 0.2) is 18.2 Å². The zero-order valence-electron chi connectivity index (χ0n) is 13.1. The number of fused-ring (bicyclic) bond motifs is 1. The Balaban J connectivity index is 1.90. The molecule has 116 valence electrons. The summed E-state index contributed by atoms with van der Waals surface area (Å²) in [5, 5.41) is 3.61. The van der Waals surface area contributed by atoms with Gasteiger partial charge in [-0.3, -0.25) is 0 Å². The van der Waals surface area contributed by atoms with Gasteiger partial charge in [0, 0.05) is 18.7 Å². The molecule has 3 rings (SSSR count). The molecule has 1 aromatic rings. The number of rotatable bonds is 4. The lowest BCUT2D eigenvalue weighted by molar-refractivity contribution is -0.0394. The topological polar surface area (TPSA) is 33.7 Å². The number of hydrogen-bond donors (Lipinski definition) is 1. The summed E-state index contributed by atoms with van der Waals surface area (Å²) in [6, 6.07) is 6.73. The molecule has 2 unspecified atom stereocenters. The van der Waals surface area contributed by atoms with Crippen molar-refractivity contribution in [1.82, 2.24) is 10.2 Å². The van der Waals surface area contributed by atoms with Gasteiger partial charge in [0.05, 0.1) is 25.4 Å². The second-order valence-corrected chi connectivity index (χ2v) is 5.99. The molecule has 0 saturated carbocycles. The third-order valence-electron chi connectivity index (χ3n) is 4.39. The highest BCUT2D eigenvalue weighted by molar-refractivity contribution is 5.45. The van der Waals surface area contributed by atoms with Crippen molar-refractivity contribution in [3.63, 3.8) is 0 Å². The summed E-state index contributed by atoms with van der Waals surface area (Å²) in [5.74, 6) is 1.09. The van der Waals surface area contributed by atoms with E-state index in [0.29, 0.717) is 0 Å². The van der Waals surface area contributed by atoms with Crippen LogP contribution in [0.5, 0.6) is 5.75 Å². The van der Waals surface area contributed by atoms with E-state index in [1.807, 2.05) is 0 Å². The minimum absolute atomic E-state index is 0.181. The predicted molar refractivity (Wildman–Crippen MR) is 83.9 cm³/mol. The Kier molecular flexibility index (Phi) is 4.78. The van der Waals surface area contributed by atoms with Crippen molar-refractivity contribution in [2.45, 2.75) is 31.9 Å². The van der Waals surface area contributed by atoms with Crippen LogP contribution < -0.4 is 10.1 Å². The van der Waals surface area contributed by atoms with Crippen LogP contribution in [0.1, 0.15) is 30.5 Å². The van der Waals surface area contributed by atoms with E-state index in [2.05, 4.69) is 42.4 Å². The van der Waals surface area contributed by atoms with Gasteiger partial charge in [-0.25, -0.2) is 0 Å². The summed E-state index contributed by atoms with van der Waals surface area (Å²) in [7, 11) is 2.16. The first-order valence-electron chi connectivity index (χ1n) is 8.07. The number of ether oxygens (including phenoxy) is 2. The maximum atomic E-state index is 6.05. The fraction of sp³-hybridized carbons (Fsp3) is 0.647. The molecule has 4 heteroatoms. The number of aryl methyl sites for hydroxylation is 1. The molecule has 0 amide bonds. The summed E-state index contributed by atoms with van der Waals surface area (Å²) >= 11 is 0. The Morgan fingerprint density at radius 3 is 3.10 bits per heavy atom. The van der Waals surface area contributed by atoms with Crippen LogP contribution in [0.25, 0.3) is 0 Å². The standard InChI is InChI=1S/C17H26N2O2/c1-3-18-16(15-12-19(2)9-11-20-15)14-8-4-6-13-7-5-10-21-17(13)14/h4,6,8,15-16,18H,3,5,7,9-12H2,1-2H3. The highest BCUT2D eigenvalue weighted by Crippen LogP contribution is 2.35. The molecule has 0 radical (unpaired) electrons. The van der Waals surface area contributed by atoms with E-state index in [1.165, 1.54) is 11.1 Å². The first kappa shape index (κ1) is 14.8. The molecule has 0 aliphatic carbocycles. The van der Waals surface area contributed by atoms with Crippen LogP contribution >= 0.6 is 0 Å². The Morgan fingerprint density at radius 1 is 1.38 bits per heavy atom. The van der Waals surface area contributed by atoms with E-state index in [-0.39, 0.29) is 12.1 Å². The van der Waals surface area contributed by atoms with Crippen molar-refractivity contribution in [3.8, 4) is 5.75 Å². The highest BCUT2D eigenvalue weighted by Gasteiger charge is 2.30. The molecule has 0 bridgehead atoms. The molecule has 0 spiro atoms. The maximum absolute atomic E-state index is 6.05. The van der Waals surface area contributed by atoms with E-state index in [4.69, 9.17) is 9.47 Å². The fourth-order valence-electron chi connectivity index (χ4n) is 3.33.